The van der Waals surface area contributed by atoms with Crippen LogP contribution < -0.4 is 20.1 Å². The Hall–Kier alpha value is -1.66. The minimum absolute atomic E-state index is 0.106. The molecule has 0 aromatic heterocycles. The molecular weight excluding hydrogens is 320 g/mol. The highest BCUT2D eigenvalue weighted by Crippen LogP contribution is 2.39. The largest absolute Gasteiger partial charge is 0.454 e. The minimum Gasteiger partial charge on any atom is -0.454 e. The molecule has 0 saturated heterocycles. The molecule has 1 heterocycles. The van der Waals surface area contributed by atoms with E-state index in [1.54, 1.807) is 0 Å². The van der Waals surface area contributed by atoms with Gasteiger partial charge in [-0.3, -0.25) is 0 Å². The summed E-state index contributed by atoms with van der Waals surface area (Å²) in [6, 6.07) is 4.13. The highest BCUT2D eigenvalue weighted by atomic mass is 35.5. The van der Waals surface area contributed by atoms with E-state index in [4.69, 9.17) is 25.8 Å². The summed E-state index contributed by atoms with van der Waals surface area (Å²) < 4.78 is 15.9. The average Bonchev–Trinajstić information content (AvgIpc) is 2.95. The number of hydrogen-bond donors (Lipinski definition) is 2. The van der Waals surface area contributed by atoms with Crippen LogP contribution in [0, 0.1) is 0 Å². The van der Waals surface area contributed by atoms with Crippen LogP contribution in [-0.2, 0) is 11.3 Å². The summed E-state index contributed by atoms with van der Waals surface area (Å²) in [6.45, 7) is 6.39. The van der Waals surface area contributed by atoms with Gasteiger partial charge in [0.25, 0.3) is 0 Å². The van der Waals surface area contributed by atoms with E-state index in [2.05, 4.69) is 10.6 Å². The van der Waals surface area contributed by atoms with Crippen molar-refractivity contribution in [3.05, 3.63) is 22.7 Å². The lowest BCUT2D eigenvalue weighted by atomic mass is 10.2. The molecule has 1 aliphatic heterocycles. The maximum Gasteiger partial charge on any atom is 0.407 e. The summed E-state index contributed by atoms with van der Waals surface area (Å²) in [4.78, 5) is 11.7. The van der Waals surface area contributed by atoms with Gasteiger partial charge in [0.2, 0.25) is 6.79 Å². The van der Waals surface area contributed by atoms with Gasteiger partial charge in [-0.2, -0.15) is 0 Å². The van der Waals surface area contributed by atoms with E-state index in [9.17, 15) is 4.79 Å². The number of halogens is 1. The molecule has 1 aliphatic carbocycles. The number of benzene rings is 1. The van der Waals surface area contributed by atoms with Crippen LogP contribution in [0.25, 0.3) is 0 Å². The molecule has 2 unspecified atom stereocenters. The summed E-state index contributed by atoms with van der Waals surface area (Å²) in [7, 11) is 0. The van der Waals surface area contributed by atoms with Gasteiger partial charge in [-0.15, -0.1) is 0 Å². The van der Waals surface area contributed by atoms with Crippen molar-refractivity contribution in [3.63, 3.8) is 0 Å². The molecule has 2 N–H and O–H groups in total. The number of fused-ring (bicyclic) bond motifs is 1. The summed E-state index contributed by atoms with van der Waals surface area (Å²) >= 11 is 6.16. The zero-order chi connectivity index (χ0) is 16.6. The molecule has 1 fully saturated rings. The fraction of sp³-hybridized carbons (Fsp3) is 0.562. The number of alkyl carbamates (subject to hydrolysis) is 1. The van der Waals surface area contributed by atoms with Gasteiger partial charge in [0.05, 0.1) is 5.02 Å². The maximum absolute atomic E-state index is 11.7. The summed E-state index contributed by atoms with van der Waals surface area (Å²) in [6.07, 6.45) is 0.510. The van der Waals surface area contributed by atoms with Gasteiger partial charge in [0.15, 0.2) is 11.5 Å². The number of ether oxygens (including phenoxy) is 3. The molecule has 1 aromatic rings. The number of nitrogens with one attached hydrogen (secondary N) is 2. The molecule has 1 saturated carbocycles. The highest BCUT2D eigenvalue weighted by Gasteiger charge is 2.38. The predicted molar refractivity (Wildman–Crippen MR) is 86.0 cm³/mol. The third kappa shape index (κ3) is 4.20. The number of carbonyl (C=O) groups excluding carboxylic acids is 1. The van der Waals surface area contributed by atoms with Gasteiger partial charge in [0, 0.05) is 18.6 Å². The van der Waals surface area contributed by atoms with E-state index in [1.165, 1.54) is 0 Å². The number of carbonyl (C=O) groups is 1. The van der Waals surface area contributed by atoms with Crippen LogP contribution in [0.4, 0.5) is 4.79 Å². The lowest BCUT2D eigenvalue weighted by molar-refractivity contribution is 0.0522. The Bertz CT molecular complexity index is 615. The molecule has 1 aromatic carbocycles. The van der Waals surface area contributed by atoms with Gasteiger partial charge >= 0.3 is 6.09 Å². The molecule has 23 heavy (non-hydrogen) atoms. The third-order valence-corrected chi connectivity index (χ3v) is 3.83. The summed E-state index contributed by atoms with van der Waals surface area (Å²) in [5.41, 5.74) is 0.535. The third-order valence-electron chi connectivity index (χ3n) is 3.55. The Morgan fingerprint density at radius 1 is 1.35 bits per heavy atom. The van der Waals surface area contributed by atoms with Crippen molar-refractivity contribution in [2.75, 3.05) is 6.79 Å². The van der Waals surface area contributed by atoms with Gasteiger partial charge in [-0.25, -0.2) is 4.79 Å². The molecule has 126 valence electrons. The quantitative estimate of drug-likeness (QED) is 0.882. The lowest BCUT2D eigenvalue weighted by Crippen LogP contribution is -2.36. The van der Waals surface area contributed by atoms with Gasteiger partial charge in [0.1, 0.15) is 5.60 Å². The van der Waals surface area contributed by atoms with Crippen LogP contribution in [0.15, 0.2) is 12.1 Å². The molecular formula is C16H21ClN2O4. The van der Waals surface area contributed by atoms with E-state index in [1.807, 2.05) is 32.9 Å². The number of rotatable bonds is 4. The monoisotopic (exact) mass is 340 g/mol. The second-order valence-electron chi connectivity index (χ2n) is 6.79. The number of hydrogen-bond acceptors (Lipinski definition) is 5. The summed E-state index contributed by atoms with van der Waals surface area (Å²) in [5.74, 6) is 1.28. The van der Waals surface area contributed by atoms with Gasteiger partial charge in [-0.05, 0) is 44.9 Å². The Morgan fingerprint density at radius 2 is 2.13 bits per heavy atom. The Labute approximate surface area is 140 Å². The Balaban J connectivity index is 1.46. The second-order valence-corrected chi connectivity index (χ2v) is 7.19. The van der Waals surface area contributed by atoms with E-state index in [-0.39, 0.29) is 25.0 Å². The fourth-order valence-electron chi connectivity index (χ4n) is 2.41. The molecule has 0 spiro atoms. The molecule has 0 bridgehead atoms. The van der Waals surface area contributed by atoms with Crippen LogP contribution in [0.2, 0.25) is 5.02 Å². The zero-order valence-corrected chi connectivity index (χ0v) is 14.2. The molecule has 1 amide bonds. The van der Waals surface area contributed by atoms with E-state index < -0.39 is 5.60 Å². The van der Waals surface area contributed by atoms with Crippen molar-refractivity contribution >= 4 is 17.7 Å². The maximum atomic E-state index is 11.7. The van der Waals surface area contributed by atoms with Gasteiger partial charge < -0.3 is 24.8 Å². The van der Waals surface area contributed by atoms with Gasteiger partial charge in [-0.1, -0.05) is 11.6 Å². The zero-order valence-electron chi connectivity index (χ0n) is 13.4. The Morgan fingerprint density at radius 3 is 2.87 bits per heavy atom. The van der Waals surface area contributed by atoms with E-state index in [0.29, 0.717) is 23.1 Å². The molecule has 3 rings (SSSR count). The van der Waals surface area contributed by atoms with Crippen molar-refractivity contribution < 1.29 is 19.0 Å². The van der Waals surface area contributed by atoms with Crippen molar-refractivity contribution in [2.24, 2.45) is 0 Å². The first-order valence-corrected chi connectivity index (χ1v) is 8.00. The van der Waals surface area contributed by atoms with Crippen LogP contribution in [0.1, 0.15) is 32.8 Å². The van der Waals surface area contributed by atoms with Crippen molar-refractivity contribution in [1.29, 1.82) is 0 Å². The molecule has 7 heteroatoms. The first-order chi connectivity index (χ1) is 10.8. The standard InChI is InChI=1S/C16H21ClN2O4/c1-16(2,3)23-15(20)19-12-6-11(12)18-7-9-4-10(17)14-13(5-9)21-8-22-14/h4-5,11-12,18H,6-8H2,1-3H3,(H,19,20). The molecule has 2 atom stereocenters. The highest BCUT2D eigenvalue weighted by molar-refractivity contribution is 6.32. The normalized spacial score (nSPS) is 21.9. The predicted octanol–water partition coefficient (Wildman–Crippen LogP) is 2.82. The topological polar surface area (TPSA) is 68.8 Å². The van der Waals surface area contributed by atoms with Crippen molar-refractivity contribution in [1.82, 2.24) is 10.6 Å². The smallest absolute Gasteiger partial charge is 0.407 e. The van der Waals surface area contributed by atoms with Crippen LogP contribution in [0.5, 0.6) is 11.5 Å². The number of amides is 1. The Kier molecular flexibility index (Phi) is 4.29. The molecule has 6 nitrogen and oxygen atoms in total. The first-order valence-electron chi connectivity index (χ1n) is 7.63. The molecule has 2 aliphatic rings. The van der Waals surface area contributed by atoms with Crippen LogP contribution >= 0.6 is 11.6 Å². The average molecular weight is 341 g/mol. The van der Waals surface area contributed by atoms with E-state index >= 15 is 0 Å². The second kappa shape index (κ2) is 6.09. The van der Waals surface area contributed by atoms with Crippen molar-refractivity contribution in [2.45, 2.75) is 51.4 Å². The fourth-order valence-corrected chi connectivity index (χ4v) is 2.70. The SMILES string of the molecule is CC(C)(C)OC(=O)NC1CC1NCc1cc(Cl)c2c(c1)OCO2. The van der Waals surface area contributed by atoms with E-state index in [0.717, 1.165) is 12.0 Å². The molecule has 0 radical (unpaired) electrons. The first kappa shape index (κ1) is 16.2. The lowest BCUT2D eigenvalue weighted by Gasteiger charge is -2.19. The van der Waals surface area contributed by atoms with Crippen LogP contribution in [0.3, 0.4) is 0 Å². The summed E-state index contributed by atoms with van der Waals surface area (Å²) in [5, 5.41) is 6.79. The van der Waals surface area contributed by atoms with Crippen LogP contribution in [-0.4, -0.2) is 30.6 Å². The van der Waals surface area contributed by atoms with Crippen molar-refractivity contribution in [3.8, 4) is 11.5 Å². The minimum atomic E-state index is -0.481.